The molecule has 0 aliphatic carbocycles. The van der Waals surface area contributed by atoms with Gasteiger partial charge in [0, 0.05) is 40.4 Å². The molecular weight excluding hydrogens is 472 g/mol. The molecule has 0 fully saturated rings. The maximum atomic E-state index is 12.4. The fourth-order valence-electron chi connectivity index (χ4n) is 2.53. The van der Waals surface area contributed by atoms with Crippen LogP contribution >= 0.6 is 15.9 Å². The van der Waals surface area contributed by atoms with Crippen molar-refractivity contribution in [1.82, 2.24) is 0 Å². The van der Waals surface area contributed by atoms with Gasteiger partial charge in [-0.15, -0.1) is 0 Å². The zero-order chi connectivity index (χ0) is 22.5. The molecule has 0 spiro atoms. The molecule has 3 aromatic rings. The Morgan fingerprint density at radius 1 is 1.03 bits per heavy atom. The maximum Gasteiger partial charge on any atom is 0.270 e. The first-order valence-corrected chi connectivity index (χ1v) is 9.29. The van der Waals surface area contributed by atoms with E-state index in [9.17, 15) is 30.3 Å². The number of amides is 1. The van der Waals surface area contributed by atoms with Crippen molar-refractivity contribution in [2.24, 2.45) is 0 Å². The average molecular weight is 483 g/mol. The lowest BCUT2D eigenvalue weighted by Gasteiger charge is -2.06. The molecule has 0 saturated carbocycles. The first-order valence-electron chi connectivity index (χ1n) is 8.50. The van der Waals surface area contributed by atoms with Gasteiger partial charge in [0.05, 0.1) is 15.5 Å². The van der Waals surface area contributed by atoms with E-state index in [4.69, 9.17) is 4.42 Å². The second-order valence-corrected chi connectivity index (χ2v) is 6.91. The summed E-state index contributed by atoms with van der Waals surface area (Å²) in [7, 11) is 0. The average Bonchev–Trinajstić information content (AvgIpc) is 3.22. The molecule has 2 aromatic carbocycles. The van der Waals surface area contributed by atoms with Crippen molar-refractivity contribution in [1.29, 1.82) is 5.26 Å². The van der Waals surface area contributed by atoms with Crippen molar-refractivity contribution in [2.75, 3.05) is 5.32 Å². The van der Waals surface area contributed by atoms with Crippen LogP contribution < -0.4 is 5.32 Å². The van der Waals surface area contributed by atoms with E-state index in [0.717, 1.165) is 0 Å². The number of nitro benzene ring substituents is 2. The Hall–Kier alpha value is -4.30. The van der Waals surface area contributed by atoms with Crippen molar-refractivity contribution in [3.05, 3.63) is 90.6 Å². The molecule has 0 bridgehead atoms. The molecule has 0 unspecified atom stereocenters. The predicted octanol–water partition coefficient (Wildman–Crippen LogP) is 5.07. The van der Waals surface area contributed by atoms with Crippen LogP contribution in [0.5, 0.6) is 0 Å². The van der Waals surface area contributed by atoms with E-state index < -0.39 is 15.8 Å². The van der Waals surface area contributed by atoms with Crippen LogP contribution in [0.25, 0.3) is 17.4 Å². The SMILES string of the molecule is N#C/C(=C/c1ccc(-c2ccc([N+](=O)[O-])cc2)o1)C(=O)Nc1ccc([N+](=O)[O-])cc1Br. The highest BCUT2D eigenvalue weighted by Crippen LogP contribution is 2.28. The van der Waals surface area contributed by atoms with Crippen LogP contribution in [-0.4, -0.2) is 15.8 Å². The van der Waals surface area contributed by atoms with Crippen molar-refractivity contribution >= 4 is 45.0 Å². The highest BCUT2D eigenvalue weighted by molar-refractivity contribution is 9.10. The van der Waals surface area contributed by atoms with E-state index in [1.54, 1.807) is 18.2 Å². The fraction of sp³-hybridized carbons (Fsp3) is 0. The Balaban J connectivity index is 1.79. The van der Waals surface area contributed by atoms with E-state index in [2.05, 4.69) is 21.2 Å². The summed E-state index contributed by atoms with van der Waals surface area (Å²) in [5.74, 6) is -0.106. The largest absolute Gasteiger partial charge is 0.457 e. The third-order valence-electron chi connectivity index (χ3n) is 4.05. The highest BCUT2D eigenvalue weighted by Gasteiger charge is 2.15. The number of nitro groups is 2. The van der Waals surface area contributed by atoms with E-state index in [-0.39, 0.29) is 32.9 Å². The van der Waals surface area contributed by atoms with Gasteiger partial charge < -0.3 is 9.73 Å². The number of nitrogens with zero attached hydrogens (tertiary/aromatic N) is 3. The van der Waals surface area contributed by atoms with Crippen LogP contribution in [0.1, 0.15) is 5.76 Å². The van der Waals surface area contributed by atoms with Crippen LogP contribution in [0.2, 0.25) is 0 Å². The van der Waals surface area contributed by atoms with Gasteiger partial charge in [0.15, 0.2) is 0 Å². The van der Waals surface area contributed by atoms with E-state index in [1.807, 2.05) is 0 Å². The monoisotopic (exact) mass is 482 g/mol. The number of rotatable bonds is 6. The first-order chi connectivity index (χ1) is 14.8. The van der Waals surface area contributed by atoms with Gasteiger partial charge in [-0.2, -0.15) is 5.26 Å². The molecule has 1 amide bonds. The number of hydrogen-bond donors (Lipinski definition) is 1. The lowest BCUT2D eigenvalue weighted by atomic mass is 10.1. The summed E-state index contributed by atoms with van der Waals surface area (Å²) in [6.45, 7) is 0. The molecule has 154 valence electrons. The number of carbonyl (C=O) groups is 1. The minimum Gasteiger partial charge on any atom is -0.457 e. The topological polar surface area (TPSA) is 152 Å². The molecule has 11 heteroatoms. The van der Waals surface area contributed by atoms with Gasteiger partial charge in [-0.1, -0.05) is 0 Å². The molecule has 1 N–H and O–H groups in total. The number of non-ortho nitro benzene ring substituents is 2. The van der Waals surface area contributed by atoms with Crippen LogP contribution in [-0.2, 0) is 4.79 Å². The molecule has 10 nitrogen and oxygen atoms in total. The highest BCUT2D eigenvalue weighted by atomic mass is 79.9. The van der Waals surface area contributed by atoms with Crippen molar-refractivity contribution in [3.8, 4) is 17.4 Å². The third kappa shape index (κ3) is 5.01. The molecule has 0 aliphatic heterocycles. The Bertz CT molecular complexity index is 1260. The van der Waals surface area contributed by atoms with Crippen molar-refractivity contribution < 1.29 is 19.1 Å². The molecule has 0 saturated heterocycles. The number of anilines is 1. The number of carbonyl (C=O) groups excluding carboxylic acids is 1. The zero-order valence-corrected chi connectivity index (χ0v) is 17.0. The van der Waals surface area contributed by atoms with Gasteiger partial charge in [0.2, 0.25) is 0 Å². The van der Waals surface area contributed by atoms with Crippen molar-refractivity contribution in [3.63, 3.8) is 0 Å². The van der Waals surface area contributed by atoms with Gasteiger partial charge in [-0.05, 0) is 46.3 Å². The van der Waals surface area contributed by atoms with E-state index in [1.165, 1.54) is 48.5 Å². The second-order valence-electron chi connectivity index (χ2n) is 6.05. The maximum absolute atomic E-state index is 12.4. The van der Waals surface area contributed by atoms with Crippen LogP contribution in [0, 0.1) is 31.6 Å². The number of hydrogen-bond acceptors (Lipinski definition) is 7. The summed E-state index contributed by atoms with van der Waals surface area (Å²) in [5.41, 5.74) is 0.368. The molecule has 0 radical (unpaired) electrons. The lowest BCUT2D eigenvalue weighted by Crippen LogP contribution is -2.13. The van der Waals surface area contributed by atoms with Gasteiger partial charge in [-0.25, -0.2) is 0 Å². The number of nitriles is 1. The molecule has 0 aliphatic rings. The first kappa shape index (κ1) is 21.4. The lowest BCUT2D eigenvalue weighted by molar-refractivity contribution is -0.385. The number of benzene rings is 2. The quantitative estimate of drug-likeness (QED) is 0.222. The summed E-state index contributed by atoms with van der Waals surface area (Å²) in [4.78, 5) is 32.9. The van der Waals surface area contributed by atoms with Gasteiger partial charge in [0.1, 0.15) is 23.2 Å². The molecule has 0 atom stereocenters. The third-order valence-corrected chi connectivity index (χ3v) is 4.71. The van der Waals surface area contributed by atoms with Gasteiger partial charge in [0.25, 0.3) is 17.3 Å². The molecule has 1 aromatic heterocycles. The van der Waals surface area contributed by atoms with Crippen LogP contribution in [0.3, 0.4) is 0 Å². The van der Waals surface area contributed by atoms with Crippen molar-refractivity contribution in [2.45, 2.75) is 0 Å². The smallest absolute Gasteiger partial charge is 0.270 e. The Morgan fingerprint density at radius 2 is 1.68 bits per heavy atom. The minimum absolute atomic E-state index is 0.0590. The van der Waals surface area contributed by atoms with Crippen LogP contribution in [0.15, 0.2) is 69.1 Å². The number of halogens is 1. The zero-order valence-electron chi connectivity index (χ0n) is 15.4. The molecule has 3 rings (SSSR count). The summed E-state index contributed by atoms with van der Waals surface area (Å²) in [6.07, 6.45) is 1.24. The van der Waals surface area contributed by atoms with E-state index >= 15 is 0 Å². The second kappa shape index (κ2) is 9.02. The summed E-state index contributed by atoms with van der Waals surface area (Å²) in [5, 5.41) is 33.4. The Kier molecular flexibility index (Phi) is 6.23. The summed E-state index contributed by atoms with van der Waals surface area (Å²) in [6, 6.07) is 14.4. The summed E-state index contributed by atoms with van der Waals surface area (Å²) < 4.78 is 5.89. The van der Waals surface area contributed by atoms with Gasteiger partial charge >= 0.3 is 0 Å². The normalized spacial score (nSPS) is 10.9. The summed E-state index contributed by atoms with van der Waals surface area (Å²) >= 11 is 3.14. The van der Waals surface area contributed by atoms with Gasteiger partial charge in [-0.3, -0.25) is 25.0 Å². The van der Waals surface area contributed by atoms with E-state index in [0.29, 0.717) is 11.3 Å². The standard InChI is InChI=1S/C20H11BrN4O6/c21-17-10-15(25(29)30)5-7-18(17)23-20(26)13(11-22)9-16-6-8-19(31-16)12-1-3-14(4-2-12)24(27)28/h1-10H,(H,23,26)/b13-9-. The molecule has 1 heterocycles. The Labute approximate surface area is 182 Å². The Morgan fingerprint density at radius 3 is 2.26 bits per heavy atom. The molecular formula is C20H11BrN4O6. The predicted molar refractivity (Wildman–Crippen MR) is 114 cm³/mol. The number of furan rings is 1. The molecule has 31 heavy (non-hydrogen) atoms. The minimum atomic E-state index is -0.731. The number of nitrogens with one attached hydrogen (secondary N) is 1. The van der Waals surface area contributed by atoms with Crippen LogP contribution in [0.4, 0.5) is 17.1 Å². The fourth-order valence-corrected chi connectivity index (χ4v) is 3.00.